The molecule has 1 aromatic carbocycles. The molecule has 2 unspecified atom stereocenters. The van der Waals surface area contributed by atoms with Crippen molar-refractivity contribution in [2.45, 2.75) is 38.7 Å². The second kappa shape index (κ2) is 6.28. The molecule has 1 aliphatic carbocycles. The molecule has 2 atom stereocenters. The van der Waals surface area contributed by atoms with Gasteiger partial charge in [-0.15, -0.1) is 0 Å². The van der Waals surface area contributed by atoms with Crippen LogP contribution in [0.15, 0.2) is 27.8 Å². The maximum atomic E-state index is 8.85. The van der Waals surface area contributed by atoms with Crippen LogP contribution in [0.25, 0.3) is 0 Å². The summed E-state index contributed by atoms with van der Waals surface area (Å²) in [6.07, 6.45) is 4.94. The number of nitrogens with two attached hydrogens (primary N) is 1. The smallest absolute Gasteiger partial charge is 0.173 e. The Hall–Kier alpha value is -1.23. The summed E-state index contributed by atoms with van der Waals surface area (Å²) < 4.78 is 6.96. The number of amidine groups is 1. The third-order valence-electron chi connectivity index (χ3n) is 3.64. The second-order valence-corrected chi connectivity index (χ2v) is 5.96. The molecule has 0 saturated heterocycles. The minimum atomic E-state index is 0.0692. The first-order valence-electron chi connectivity index (χ1n) is 6.56. The highest BCUT2D eigenvalue weighted by atomic mass is 79.9. The van der Waals surface area contributed by atoms with Crippen molar-refractivity contribution in [3.8, 4) is 5.75 Å². The van der Waals surface area contributed by atoms with Gasteiger partial charge >= 0.3 is 0 Å². The van der Waals surface area contributed by atoms with Crippen LogP contribution in [0.1, 0.15) is 38.2 Å². The Labute approximate surface area is 121 Å². The van der Waals surface area contributed by atoms with E-state index in [-0.39, 0.29) is 11.9 Å². The molecule has 1 saturated carbocycles. The highest BCUT2D eigenvalue weighted by Crippen LogP contribution is 2.30. The Morgan fingerprint density at radius 3 is 2.84 bits per heavy atom. The zero-order chi connectivity index (χ0) is 13.8. The predicted molar refractivity (Wildman–Crippen MR) is 78.7 cm³/mol. The van der Waals surface area contributed by atoms with E-state index in [1.54, 1.807) is 6.07 Å². The first kappa shape index (κ1) is 14.2. The molecule has 0 aromatic heterocycles. The number of oxime groups is 1. The van der Waals surface area contributed by atoms with E-state index in [1.165, 1.54) is 19.3 Å². The largest absolute Gasteiger partial charge is 0.489 e. The zero-order valence-corrected chi connectivity index (χ0v) is 12.6. The van der Waals surface area contributed by atoms with Crippen molar-refractivity contribution in [1.82, 2.24) is 0 Å². The van der Waals surface area contributed by atoms with E-state index in [0.717, 1.165) is 10.9 Å². The fourth-order valence-electron chi connectivity index (χ4n) is 2.48. The molecular weight excluding hydrogens is 308 g/mol. The van der Waals surface area contributed by atoms with Gasteiger partial charge in [-0.2, -0.15) is 0 Å². The van der Waals surface area contributed by atoms with Crippen molar-refractivity contribution in [2.24, 2.45) is 16.8 Å². The maximum Gasteiger partial charge on any atom is 0.173 e. The maximum absolute atomic E-state index is 8.85. The van der Waals surface area contributed by atoms with Crippen molar-refractivity contribution in [1.29, 1.82) is 0 Å². The average Bonchev–Trinajstić information content (AvgIpc) is 2.42. The first-order chi connectivity index (χ1) is 9.11. The molecule has 0 bridgehead atoms. The summed E-state index contributed by atoms with van der Waals surface area (Å²) in [6, 6.07) is 5.56. The normalized spacial score (nSPS) is 24.2. The van der Waals surface area contributed by atoms with Gasteiger partial charge in [0, 0.05) is 4.47 Å². The molecular formula is C14H19BrN2O2. The van der Waals surface area contributed by atoms with Gasteiger partial charge in [-0.3, -0.25) is 0 Å². The summed E-state index contributed by atoms with van der Waals surface area (Å²) in [6.45, 7) is 2.21. The van der Waals surface area contributed by atoms with Crippen LogP contribution in [0.4, 0.5) is 0 Å². The number of hydrogen-bond donors (Lipinski definition) is 2. The molecule has 1 fully saturated rings. The van der Waals surface area contributed by atoms with Gasteiger partial charge in [0.1, 0.15) is 11.9 Å². The van der Waals surface area contributed by atoms with Crippen LogP contribution in [-0.2, 0) is 0 Å². The molecule has 0 amide bonds. The molecule has 0 spiro atoms. The van der Waals surface area contributed by atoms with Crippen LogP contribution in [0, 0.1) is 5.92 Å². The van der Waals surface area contributed by atoms with Crippen LogP contribution >= 0.6 is 15.9 Å². The Kier molecular flexibility index (Phi) is 4.69. The molecule has 0 heterocycles. The molecule has 1 aromatic rings. The third kappa shape index (κ3) is 3.41. The van der Waals surface area contributed by atoms with Crippen LogP contribution < -0.4 is 10.5 Å². The van der Waals surface area contributed by atoms with Gasteiger partial charge in [0.05, 0.1) is 5.56 Å². The van der Waals surface area contributed by atoms with E-state index in [0.29, 0.717) is 17.2 Å². The number of rotatable bonds is 3. The number of nitrogens with zero attached hydrogens (tertiary/aromatic N) is 1. The van der Waals surface area contributed by atoms with Crippen LogP contribution in [0.2, 0.25) is 0 Å². The minimum Gasteiger partial charge on any atom is -0.489 e. The van der Waals surface area contributed by atoms with Gasteiger partial charge in [-0.1, -0.05) is 34.4 Å². The number of ether oxygens (including phenoxy) is 1. The van der Waals surface area contributed by atoms with E-state index in [2.05, 4.69) is 28.0 Å². The lowest BCUT2D eigenvalue weighted by Gasteiger charge is -2.30. The molecule has 1 aliphatic rings. The summed E-state index contributed by atoms with van der Waals surface area (Å²) in [5.41, 5.74) is 6.32. The fourth-order valence-corrected chi connectivity index (χ4v) is 2.84. The summed E-state index contributed by atoms with van der Waals surface area (Å²) >= 11 is 3.38. The SMILES string of the molecule is CC1CCCCC1Oc1ccc(Br)cc1/C(N)=N/O. The van der Waals surface area contributed by atoms with E-state index in [1.807, 2.05) is 12.1 Å². The summed E-state index contributed by atoms with van der Waals surface area (Å²) in [7, 11) is 0. The van der Waals surface area contributed by atoms with Crippen molar-refractivity contribution in [2.75, 3.05) is 0 Å². The zero-order valence-electron chi connectivity index (χ0n) is 11.0. The third-order valence-corrected chi connectivity index (χ3v) is 4.13. The van der Waals surface area contributed by atoms with Gasteiger partial charge < -0.3 is 15.7 Å². The molecule has 3 N–H and O–H groups in total. The fraction of sp³-hybridized carbons (Fsp3) is 0.500. The topological polar surface area (TPSA) is 67.8 Å². The summed E-state index contributed by atoms with van der Waals surface area (Å²) in [5, 5.41) is 11.9. The number of benzene rings is 1. The van der Waals surface area contributed by atoms with Crippen molar-refractivity contribution >= 4 is 21.8 Å². The van der Waals surface area contributed by atoms with Gasteiger partial charge in [-0.05, 0) is 43.4 Å². The standard InChI is InChI=1S/C14H19BrN2O2/c1-9-4-2-3-5-12(9)19-13-7-6-10(15)8-11(13)14(16)17-18/h6-9,12,18H,2-5H2,1H3,(H2,16,17). The van der Waals surface area contributed by atoms with Crippen LogP contribution in [0.3, 0.4) is 0 Å². The van der Waals surface area contributed by atoms with Crippen molar-refractivity contribution < 1.29 is 9.94 Å². The quantitative estimate of drug-likeness (QED) is 0.386. The van der Waals surface area contributed by atoms with Crippen molar-refractivity contribution in [3.05, 3.63) is 28.2 Å². The van der Waals surface area contributed by atoms with E-state index in [9.17, 15) is 0 Å². The minimum absolute atomic E-state index is 0.0692. The van der Waals surface area contributed by atoms with E-state index < -0.39 is 0 Å². The lowest BCUT2D eigenvalue weighted by Crippen LogP contribution is -2.29. The average molecular weight is 327 g/mol. The molecule has 104 valence electrons. The summed E-state index contributed by atoms with van der Waals surface area (Å²) in [5.74, 6) is 1.29. The molecule has 2 rings (SSSR count). The lowest BCUT2D eigenvalue weighted by molar-refractivity contribution is 0.102. The molecule has 0 radical (unpaired) electrons. The highest BCUT2D eigenvalue weighted by Gasteiger charge is 2.24. The Bertz CT molecular complexity index is 477. The van der Waals surface area contributed by atoms with E-state index in [4.69, 9.17) is 15.7 Å². The Balaban J connectivity index is 2.24. The molecule has 5 heteroatoms. The monoisotopic (exact) mass is 326 g/mol. The van der Waals surface area contributed by atoms with Crippen LogP contribution in [-0.4, -0.2) is 17.1 Å². The molecule has 4 nitrogen and oxygen atoms in total. The lowest BCUT2D eigenvalue weighted by atomic mass is 9.88. The van der Waals surface area contributed by atoms with Gasteiger partial charge in [0.25, 0.3) is 0 Å². The van der Waals surface area contributed by atoms with Crippen molar-refractivity contribution in [3.63, 3.8) is 0 Å². The Morgan fingerprint density at radius 2 is 2.16 bits per heavy atom. The first-order valence-corrected chi connectivity index (χ1v) is 7.35. The molecule has 19 heavy (non-hydrogen) atoms. The summed E-state index contributed by atoms with van der Waals surface area (Å²) in [4.78, 5) is 0. The van der Waals surface area contributed by atoms with Gasteiger partial charge in [-0.25, -0.2) is 0 Å². The Morgan fingerprint density at radius 1 is 1.42 bits per heavy atom. The van der Waals surface area contributed by atoms with E-state index >= 15 is 0 Å². The van der Waals surface area contributed by atoms with Gasteiger partial charge in [0.2, 0.25) is 0 Å². The molecule has 0 aliphatic heterocycles. The second-order valence-electron chi connectivity index (χ2n) is 5.04. The van der Waals surface area contributed by atoms with Crippen LogP contribution in [0.5, 0.6) is 5.75 Å². The highest BCUT2D eigenvalue weighted by molar-refractivity contribution is 9.10. The number of halogens is 1. The van der Waals surface area contributed by atoms with Gasteiger partial charge in [0.15, 0.2) is 5.84 Å². The number of hydrogen-bond acceptors (Lipinski definition) is 3. The predicted octanol–water partition coefficient (Wildman–Crippen LogP) is 3.50.